The summed E-state index contributed by atoms with van der Waals surface area (Å²) in [5.74, 6) is -0.0950. The molecule has 2 atom stereocenters. The van der Waals surface area contributed by atoms with Crippen LogP contribution < -0.4 is 0 Å². The molecule has 0 heterocycles. The monoisotopic (exact) mass is 258 g/mol. The molecule has 0 aliphatic heterocycles. The summed E-state index contributed by atoms with van der Waals surface area (Å²) >= 11 is 0. The summed E-state index contributed by atoms with van der Waals surface area (Å²) in [6.45, 7) is 4.00. The van der Waals surface area contributed by atoms with E-state index in [4.69, 9.17) is 4.74 Å². The van der Waals surface area contributed by atoms with Crippen molar-refractivity contribution in [2.75, 3.05) is 7.11 Å². The first kappa shape index (κ1) is 15.2. The number of benzene rings is 1. The fourth-order valence-corrected chi connectivity index (χ4v) is 2.03. The lowest BCUT2D eigenvalue weighted by Crippen LogP contribution is -2.21. The number of rotatable bonds is 6. The number of carbonyl (C=O) groups excluding carboxylic acids is 1. The molecule has 0 N–H and O–H groups in total. The molecule has 0 aromatic heterocycles. The Kier molecular flexibility index (Phi) is 6.65. The normalized spacial score (nSPS) is 14.7. The van der Waals surface area contributed by atoms with Crippen molar-refractivity contribution >= 4 is 12.0 Å². The van der Waals surface area contributed by atoms with Crippen LogP contribution in [0.15, 0.2) is 48.6 Å². The zero-order valence-corrected chi connectivity index (χ0v) is 11.9. The van der Waals surface area contributed by atoms with Crippen LogP contribution in [0.25, 0.3) is 6.08 Å². The van der Waals surface area contributed by atoms with Crippen molar-refractivity contribution < 1.29 is 9.53 Å². The summed E-state index contributed by atoms with van der Waals surface area (Å²) in [4.78, 5) is 11.8. The van der Waals surface area contributed by atoms with Crippen molar-refractivity contribution in [2.24, 2.45) is 11.8 Å². The first-order chi connectivity index (χ1) is 9.19. The Morgan fingerprint density at radius 3 is 2.58 bits per heavy atom. The van der Waals surface area contributed by atoms with E-state index in [9.17, 15) is 4.79 Å². The number of esters is 1. The maximum Gasteiger partial charge on any atom is 0.309 e. The number of ether oxygens (including phenoxy) is 1. The molecule has 102 valence electrons. The van der Waals surface area contributed by atoms with Gasteiger partial charge in [0.25, 0.3) is 0 Å². The minimum absolute atomic E-state index is 0.124. The van der Waals surface area contributed by atoms with Gasteiger partial charge in [0.05, 0.1) is 13.0 Å². The van der Waals surface area contributed by atoms with E-state index in [2.05, 4.69) is 0 Å². The van der Waals surface area contributed by atoms with Crippen molar-refractivity contribution in [2.45, 2.75) is 20.3 Å². The molecular formula is C17H22O2. The molecule has 19 heavy (non-hydrogen) atoms. The summed E-state index contributed by atoms with van der Waals surface area (Å²) in [5, 5.41) is 0. The summed E-state index contributed by atoms with van der Waals surface area (Å²) in [5.41, 5.74) is 1.14. The molecule has 2 nitrogen and oxygen atoms in total. The molecule has 0 saturated heterocycles. The predicted molar refractivity (Wildman–Crippen MR) is 79.6 cm³/mol. The maximum absolute atomic E-state index is 11.8. The van der Waals surface area contributed by atoms with Crippen molar-refractivity contribution in [1.29, 1.82) is 0 Å². The largest absolute Gasteiger partial charge is 0.469 e. The van der Waals surface area contributed by atoms with Crippen LogP contribution >= 0.6 is 0 Å². The number of hydrogen-bond acceptors (Lipinski definition) is 2. The second-order valence-corrected chi connectivity index (χ2v) is 4.56. The number of allylic oxidation sites excluding steroid dienone is 3. The minimum Gasteiger partial charge on any atom is -0.469 e. The van der Waals surface area contributed by atoms with Crippen LogP contribution in [-0.4, -0.2) is 13.1 Å². The molecule has 1 rings (SSSR count). The molecule has 2 heteroatoms. The predicted octanol–water partition coefficient (Wildman–Crippen LogP) is 4.09. The van der Waals surface area contributed by atoms with E-state index in [-0.39, 0.29) is 17.8 Å². The van der Waals surface area contributed by atoms with Crippen LogP contribution in [0.4, 0.5) is 0 Å². The third-order valence-corrected chi connectivity index (χ3v) is 3.13. The van der Waals surface area contributed by atoms with Gasteiger partial charge in [-0.25, -0.2) is 0 Å². The van der Waals surface area contributed by atoms with Gasteiger partial charge in [0, 0.05) is 0 Å². The molecule has 0 fully saturated rings. The third-order valence-electron chi connectivity index (χ3n) is 3.13. The topological polar surface area (TPSA) is 26.3 Å². The van der Waals surface area contributed by atoms with E-state index < -0.39 is 0 Å². The van der Waals surface area contributed by atoms with Crippen LogP contribution in [0.3, 0.4) is 0 Å². The Bertz CT molecular complexity index is 432. The highest BCUT2D eigenvalue weighted by Gasteiger charge is 2.22. The van der Waals surface area contributed by atoms with Crippen molar-refractivity contribution in [3.8, 4) is 0 Å². The third kappa shape index (κ3) is 5.12. The van der Waals surface area contributed by atoms with Crippen LogP contribution in [0.2, 0.25) is 0 Å². The SMILES string of the molecule is C/C=C/C(C)C(C/C=C/c1ccccc1)C(=O)OC. The molecule has 0 spiro atoms. The lowest BCUT2D eigenvalue weighted by molar-refractivity contribution is -0.146. The van der Waals surface area contributed by atoms with Gasteiger partial charge in [0.1, 0.15) is 0 Å². The van der Waals surface area contributed by atoms with E-state index in [0.717, 1.165) is 5.56 Å². The van der Waals surface area contributed by atoms with Gasteiger partial charge < -0.3 is 4.74 Å². The molecule has 0 radical (unpaired) electrons. The quantitative estimate of drug-likeness (QED) is 0.567. The maximum atomic E-state index is 11.8. The highest BCUT2D eigenvalue weighted by atomic mass is 16.5. The van der Waals surface area contributed by atoms with Crippen molar-refractivity contribution in [1.82, 2.24) is 0 Å². The van der Waals surface area contributed by atoms with Crippen LogP contribution in [0.5, 0.6) is 0 Å². The minimum atomic E-state index is -0.150. The number of hydrogen-bond donors (Lipinski definition) is 0. The smallest absolute Gasteiger partial charge is 0.309 e. The standard InChI is InChI=1S/C17H22O2/c1-4-9-14(2)16(17(18)19-3)13-8-12-15-10-6-5-7-11-15/h4-12,14,16H,13H2,1-3H3/b9-4+,12-8+. The van der Waals surface area contributed by atoms with Gasteiger partial charge in [-0.2, -0.15) is 0 Å². The first-order valence-electron chi connectivity index (χ1n) is 6.61. The summed E-state index contributed by atoms with van der Waals surface area (Å²) < 4.78 is 4.88. The van der Waals surface area contributed by atoms with Crippen molar-refractivity contribution in [3.63, 3.8) is 0 Å². The van der Waals surface area contributed by atoms with E-state index in [1.165, 1.54) is 7.11 Å². The average Bonchev–Trinajstić information content (AvgIpc) is 2.44. The Morgan fingerprint density at radius 2 is 2.00 bits per heavy atom. The number of carbonyl (C=O) groups is 1. The van der Waals surface area contributed by atoms with Gasteiger partial charge in [0.15, 0.2) is 0 Å². The molecule has 2 unspecified atom stereocenters. The second kappa shape index (κ2) is 8.30. The Labute approximate surface area is 115 Å². The van der Waals surface area contributed by atoms with E-state index >= 15 is 0 Å². The highest BCUT2D eigenvalue weighted by molar-refractivity contribution is 5.73. The van der Waals surface area contributed by atoms with Gasteiger partial charge in [0.2, 0.25) is 0 Å². The lowest BCUT2D eigenvalue weighted by Gasteiger charge is -2.17. The Balaban J connectivity index is 2.68. The highest BCUT2D eigenvalue weighted by Crippen LogP contribution is 2.20. The molecule has 0 amide bonds. The summed E-state index contributed by atoms with van der Waals surface area (Å²) in [6, 6.07) is 10.1. The average molecular weight is 258 g/mol. The Hall–Kier alpha value is -1.83. The van der Waals surface area contributed by atoms with Gasteiger partial charge in [-0.3, -0.25) is 4.79 Å². The molecule has 1 aromatic rings. The first-order valence-corrected chi connectivity index (χ1v) is 6.61. The fourth-order valence-electron chi connectivity index (χ4n) is 2.03. The summed E-state index contributed by atoms with van der Waals surface area (Å²) in [6.07, 6.45) is 8.78. The van der Waals surface area contributed by atoms with Gasteiger partial charge in [-0.15, -0.1) is 0 Å². The zero-order chi connectivity index (χ0) is 14.1. The molecule has 0 bridgehead atoms. The molecular weight excluding hydrogens is 236 g/mol. The van der Waals surface area contributed by atoms with E-state index in [1.807, 2.05) is 68.5 Å². The summed E-state index contributed by atoms with van der Waals surface area (Å²) in [7, 11) is 1.44. The molecule has 0 aliphatic carbocycles. The molecule has 0 saturated carbocycles. The van der Waals surface area contributed by atoms with Gasteiger partial charge in [-0.1, -0.05) is 61.6 Å². The lowest BCUT2D eigenvalue weighted by atomic mass is 9.90. The van der Waals surface area contributed by atoms with Gasteiger partial charge >= 0.3 is 5.97 Å². The van der Waals surface area contributed by atoms with Crippen LogP contribution in [0.1, 0.15) is 25.8 Å². The molecule has 0 aliphatic rings. The number of methoxy groups -OCH3 is 1. The van der Waals surface area contributed by atoms with Crippen LogP contribution in [0, 0.1) is 11.8 Å². The second-order valence-electron chi connectivity index (χ2n) is 4.56. The molecule has 1 aromatic carbocycles. The zero-order valence-electron chi connectivity index (χ0n) is 11.9. The fraction of sp³-hybridized carbons (Fsp3) is 0.353. The Morgan fingerprint density at radius 1 is 1.32 bits per heavy atom. The van der Waals surface area contributed by atoms with Crippen molar-refractivity contribution in [3.05, 3.63) is 54.1 Å². The van der Waals surface area contributed by atoms with Gasteiger partial charge in [-0.05, 0) is 24.8 Å². The van der Waals surface area contributed by atoms with E-state index in [1.54, 1.807) is 0 Å². The van der Waals surface area contributed by atoms with E-state index in [0.29, 0.717) is 6.42 Å². The van der Waals surface area contributed by atoms with Crippen LogP contribution in [-0.2, 0) is 9.53 Å².